The van der Waals surface area contributed by atoms with Gasteiger partial charge < -0.3 is 10.7 Å². The topological polar surface area (TPSA) is 35.9 Å². The maximum atomic E-state index is 6.88. The molecule has 0 aromatic rings. The molecular weight excluding hydrogens is 160 g/mol. The molecule has 1 aliphatic rings. The summed E-state index contributed by atoms with van der Waals surface area (Å²) in [4.78, 5) is 0. The summed E-state index contributed by atoms with van der Waals surface area (Å²) in [6, 6.07) is 0. The van der Waals surface area contributed by atoms with Gasteiger partial charge in [-0.2, -0.15) is 0 Å². The summed E-state index contributed by atoms with van der Waals surface area (Å²) in [5.41, 5.74) is 1.45. The van der Waals surface area contributed by atoms with Crippen LogP contribution in [0.25, 0.3) is 0 Å². The third kappa shape index (κ3) is 4.71. The minimum atomic E-state index is 0.941. The van der Waals surface area contributed by atoms with Gasteiger partial charge in [-0.1, -0.05) is 6.08 Å². The summed E-state index contributed by atoms with van der Waals surface area (Å²) in [5, 5.41) is 10.3. The van der Waals surface area contributed by atoms with Crippen LogP contribution in [0.4, 0.5) is 0 Å². The van der Waals surface area contributed by atoms with Crippen LogP contribution in [0.5, 0.6) is 0 Å². The molecule has 0 bridgehead atoms. The van der Waals surface area contributed by atoms with Gasteiger partial charge in [0.25, 0.3) is 0 Å². The van der Waals surface area contributed by atoms with Gasteiger partial charge in [0, 0.05) is 12.2 Å². The minimum absolute atomic E-state index is 0.941. The highest BCUT2D eigenvalue weighted by molar-refractivity contribution is 5.52. The lowest BCUT2D eigenvalue weighted by atomic mass is 10.1. The highest BCUT2D eigenvalue weighted by Gasteiger charge is 2.02. The fraction of sp³-hybridized carbons (Fsp3) is 0.727. The molecule has 1 rings (SSSR count). The van der Waals surface area contributed by atoms with Gasteiger partial charge in [-0.15, -0.1) is 0 Å². The van der Waals surface area contributed by atoms with Crippen LogP contribution in [0, 0.1) is 5.41 Å². The van der Waals surface area contributed by atoms with E-state index in [-0.39, 0.29) is 0 Å². The Bertz CT molecular complexity index is 165. The van der Waals surface area contributed by atoms with Gasteiger partial charge in [0.2, 0.25) is 0 Å². The van der Waals surface area contributed by atoms with Crippen LogP contribution in [0.3, 0.4) is 0 Å². The van der Waals surface area contributed by atoms with E-state index in [1.54, 1.807) is 0 Å². The average Bonchev–Trinajstić information content (AvgIpc) is 2.19. The number of piperidine rings is 1. The molecule has 1 aliphatic heterocycles. The summed E-state index contributed by atoms with van der Waals surface area (Å²) in [7, 11) is 0. The molecular formula is C11H20N2. The van der Waals surface area contributed by atoms with Crippen LogP contribution in [-0.2, 0) is 0 Å². The first kappa shape index (κ1) is 10.3. The molecule has 1 heterocycles. The van der Waals surface area contributed by atoms with Gasteiger partial charge in [0.05, 0.1) is 0 Å². The average molecular weight is 180 g/mol. The number of nitrogens with one attached hydrogen (secondary N) is 2. The lowest BCUT2D eigenvalue weighted by Crippen LogP contribution is -2.19. The third-order valence-electron chi connectivity index (χ3n) is 2.42. The maximum absolute atomic E-state index is 6.88. The van der Waals surface area contributed by atoms with Crippen LogP contribution in [-0.4, -0.2) is 12.8 Å². The molecule has 2 N–H and O–H groups in total. The third-order valence-corrected chi connectivity index (χ3v) is 2.42. The van der Waals surface area contributed by atoms with Crippen molar-refractivity contribution in [3.8, 4) is 0 Å². The van der Waals surface area contributed by atoms with Crippen molar-refractivity contribution in [3.63, 3.8) is 0 Å². The van der Waals surface area contributed by atoms with Crippen molar-refractivity contribution in [3.05, 3.63) is 11.8 Å². The monoisotopic (exact) mass is 180 g/mol. The van der Waals surface area contributed by atoms with E-state index in [1.165, 1.54) is 44.0 Å². The van der Waals surface area contributed by atoms with Crippen molar-refractivity contribution in [2.75, 3.05) is 6.54 Å². The molecule has 0 amide bonds. The quantitative estimate of drug-likeness (QED) is 0.495. The van der Waals surface area contributed by atoms with E-state index in [2.05, 4.69) is 11.4 Å². The normalized spacial score (nSPS) is 19.8. The number of hydrogen-bond donors (Lipinski definition) is 2. The second-order valence-corrected chi connectivity index (χ2v) is 3.60. The van der Waals surface area contributed by atoms with Crippen LogP contribution in [0.15, 0.2) is 11.8 Å². The van der Waals surface area contributed by atoms with Crippen LogP contribution in [0.1, 0.15) is 44.9 Å². The Kier molecular flexibility index (Phi) is 5.30. The van der Waals surface area contributed by atoms with Gasteiger partial charge in [0.1, 0.15) is 0 Å². The van der Waals surface area contributed by atoms with E-state index in [0.29, 0.717) is 0 Å². The lowest BCUT2D eigenvalue weighted by Gasteiger charge is -2.16. The van der Waals surface area contributed by atoms with E-state index in [4.69, 9.17) is 5.41 Å². The van der Waals surface area contributed by atoms with Crippen LogP contribution < -0.4 is 5.32 Å². The van der Waals surface area contributed by atoms with Crippen molar-refractivity contribution >= 4 is 6.21 Å². The molecule has 2 nitrogen and oxygen atoms in total. The fourth-order valence-corrected chi connectivity index (χ4v) is 1.62. The molecule has 1 saturated heterocycles. The van der Waals surface area contributed by atoms with Crippen molar-refractivity contribution < 1.29 is 0 Å². The Morgan fingerprint density at radius 1 is 1.23 bits per heavy atom. The largest absolute Gasteiger partial charge is 0.389 e. The van der Waals surface area contributed by atoms with Gasteiger partial charge in [-0.05, 0) is 51.2 Å². The SMILES string of the molecule is N=CCCCC/C=C1/CCCCN1. The Hall–Kier alpha value is -0.790. The fourth-order valence-electron chi connectivity index (χ4n) is 1.62. The van der Waals surface area contributed by atoms with E-state index >= 15 is 0 Å². The van der Waals surface area contributed by atoms with Crippen molar-refractivity contribution in [2.45, 2.75) is 44.9 Å². The summed E-state index contributed by atoms with van der Waals surface area (Å²) in [6.45, 7) is 1.16. The number of rotatable bonds is 5. The molecule has 74 valence electrons. The molecule has 2 heteroatoms. The second-order valence-electron chi connectivity index (χ2n) is 3.60. The van der Waals surface area contributed by atoms with Crippen LogP contribution in [0.2, 0.25) is 0 Å². The van der Waals surface area contributed by atoms with E-state index in [1.807, 2.05) is 0 Å². The zero-order chi connectivity index (χ0) is 9.36. The minimum Gasteiger partial charge on any atom is -0.389 e. The Balaban J connectivity index is 2.04. The molecule has 0 aliphatic carbocycles. The predicted octanol–water partition coefficient (Wildman–Crippen LogP) is 2.85. The highest BCUT2D eigenvalue weighted by atomic mass is 14.9. The molecule has 0 atom stereocenters. The Morgan fingerprint density at radius 2 is 2.08 bits per heavy atom. The molecule has 0 aromatic carbocycles. The Labute approximate surface area is 80.9 Å². The molecule has 1 fully saturated rings. The van der Waals surface area contributed by atoms with E-state index in [9.17, 15) is 0 Å². The zero-order valence-corrected chi connectivity index (χ0v) is 8.31. The second kappa shape index (κ2) is 6.70. The summed E-state index contributed by atoms with van der Waals surface area (Å²) < 4.78 is 0. The lowest BCUT2D eigenvalue weighted by molar-refractivity contribution is 0.583. The number of hydrogen-bond acceptors (Lipinski definition) is 2. The first-order valence-electron chi connectivity index (χ1n) is 5.35. The van der Waals surface area contributed by atoms with Gasteiger partial charge in [-0.25, -0.2) is 0 Å². The van der Waals surface area contributed by atoms with E-state index in [0.717, 1.165) is 19.4 Å². The standard InChI is InChI=1S/C11H20N2/c12-9-5-2-1-3-7-11-8-4-6-10-13-11/h7,9,12-13H,1-6,8,10H2/b11-7-,12-9?. The summed E-state index contributed by atoms with van der Waals surface area (Å²) >= 11 is 0. The predicted molar refractivity (Wildman–Crippen MR) is 57.2 cm³/mol. The Morgan fingerprint density at radius 3 is 2.77 bits per heavy atom. The van der Waals surface area contributed by atoms with Gasteiger partial charge in [-0.3, -0.25) is 0 Å². The van der Waals surface area contributed by atoms with Crippen molar-refractivity contribution in [2.24, 2.45) is 0 Å². The highest BCUT2D eigenvalue weighted by Crippen LogP contribution is 2.11. The molecule has 0 aromatic heterocycles. The molecule has 13 heavy (non-hydrogen) atoms. The molecule has 0 unspecified atom stereocenters. The number of unbranched alkanes of at least 4 members (excludes halogenated alkanes) is 3. The number of allylic oxidation sites excluding steroid dienone is 2. The first-order chi connectivity index (χ1) is 6.43. The first-order valence-corrected chi connectivity index (χ1v) is 5.35. The summed E-state index contributed by atoms with van der Waals surface area (Å²) in [5.74, 6) is 0. The van der Waals surface area contributed by atoms with Gasteiger partial charge >= 0.3 is 0 Å². The molecule has 0 radical (unpaired) electrons. The van der Waals surface area contributed by atoms with Gasteiger partial charge in [0.15, 0.2) is 0 Å². The van der Waals surface area contributed by atoms with Crippen molar-refractivity contribution in [1.82, 2.24) is 5.32 Å². The molecule has 0 spiro atoms. The zero-order valence-electron chi connectivity index (χ0n) is 8.31. The van der Waals surface area contributed by atoms with E-state index < -0.39 is 0 Å². The smallest absolute Gasteiger partial charge is 0.0143 e. The maximum Gasteiger partial charge on any atom is 0.0143 e. The van der Waals surface area contributed by atoms with Crippen molar-refractivity contribution in [1.29, 1.82) is 5.41 Å². The molecule has 0 saturated carbocycles. The summed E-state index contributed by atoms with van der Waals surface area (Å²) in [6.07, 6.45) is 12.3. The van der Waals surface area contributed by atoms with Crippen LogP contribution >= 0.6 is 0 Å².